The van der Waals surface area contributed by atoms with Crippen LogP contribution in [0.5, 0.6) is 5.75 Å². The van der Waals surface area contributed by atoms with E-state index in [9.17, 15) is 4.79 Å². The van der Waals surface area contributed by atoms with Crippen molar-refractivity contribution in [2.75, 3.05) is 19.4 Å². The van der Waals surface area contributed by atoms with E-state index in [1.807, 2.05) is 24.4 Å². The van der Waals surface area contributed by atoms with E-state index in [1.54, 1.807) is 30.0 Å². The average Bonchev–Trinajstić information content (AvgIpc) is 3.01. The number of halogens is 1. The number of ether oxygens (including phenoxy) is 1. The minimum atomic E-state index is -0.186. The van der Waals surface area contributed by atoms with Gasteiger partial charge in [0.2, 0.25) is 0 Å². The van der Waals surface area contributed by atoms with E-state index >= 15 is 0 Å². The van der Waals surface area contributed by atoms with Gasteiger partial charge in [-0.3, -0.25) is 4.79 Å². The standard InChI is InChI=1S/C18H17ClN2O2S/c1-23-16-7-6-12(19)10-14(16)18(22)20-8-9-24-17-11-21-15-5-3-2-4-13(15)17/h2-7,10-11,21H,8-9H2,1H3,(H,20,22). The van der Waals surface area contributed by atoms with Gasteiger partial charge in [-0.2, -0.15) is 0 Å². The average molecular weight is 361 g/mol. The van der Waals surface area contributed by atoms with E-state index in [0.717, 1.165) is 11.3 Å². The monoisotopic (exact) mass is 360 g/mol. The number of rotatable bonds is 6. The van der Waals surface area contributed by atoms with Crippen molar-refractivity contribution in [1.82, 2.24) is 10.3 Å². The molecular formula is C18H17ClN2O2S. The molecule has 0 aliphatic heterocycles. The van der Waals surface area contributed by atoms with Crippen LogP contribution in [0.3, 0.4) is 0 Å². The Morgan fingerprint density at radius 1 is 1.29 bits per heavy atom. The summed E-state index contributed by atoms with van der Waals surface area (Å²) in [6, 6.07) is 13.2. The summed E-state index contributed by atoms with van der Waals surface area (Å²) in [6.45, 7) is 0.554. The van der Waals surface area contributed by atoms with Crippen molar-refractivity contribution < 1.29 is 9.53 Å². The smallest absolute Gasteiger partial charge is 0.255 e. The maximum absolute atomic E-state index is 12.3. The lowest BCUT2D eigenvalue weighted by Crippen LogP contribution is -2.26. The van der Waals surface area contributed by atoms with Crippen molar-refractivity contribution in [2.45, 2.75) is 4.90 Å². The topological polar surface area (TPSA) is 54.1 Å². The zero-order valence-electron chi connectivity index (χ0n) is 13.1. The summed E-state index contributed by atoms with van der Waals surface area (Å²) < 4.78 is 5.21. The van der Waals surface area contributed by atoms with E-state index in [1.165, 1.54) is 17.4 Å². The van der Waals surface area contributed by atoms with Gasteiger partial charge in [0.1, 0.15) is 5.75 Å². The molecule has 1 amide bonds. The van der Waals surface area contributed by atoms with E-state index < -0.39 is 0 Å². The van der Waals surface area contributed by atoms with E-state index in [2.05, 4.69) is 16.4 Å². The Labute approximate surface area is 149 Å². The normalized spacial score (nSPS) is 10.8. The molecule has 3 rings (SSSR count). The van der Waals surface area contributed by atoms with Gasteiger partial charge >= 0.3 is 0 Å². The Morgan fingerprint density at radius 2 is 2.12 bits per heavy atom. The number of methoxy groups -OCH3 is 1. The van der Waals surface area contributed by atoms with Crippen LogP contribution in [0.15, 0.2) is 53.6 Å². The van der Waals surface area contributed by atoms with Gasteiger partial charge in [0, 0.05) is 39.3 Å². The lowest BCUT2D eigenvalue weighted by atomic mass is 10.2. The van der Waals surface area contributed by atoms with Gasteiger partial charge in [-0.05, 0) is 24.3 Å². The van der Waals surface area contributed by atoms with Crippen molar-refractivity contribution in [3.8, 4) is 5.75 Å². The fraction of sp³-hybridized carbons (Fsp3) is 0.167. The molecule has 24 heavy (non-hydrogen) atoms. The van der Waals surface area contributed by atoms with Gasteiger partial charge in [0.15, 0.2) is 0 Å². The summed E-state index contributed by atoms with van der Waals surface area (Å²) in [5.41, 5.74) is 1.56. The van der Waals surface area contributed by atoms with Crippen LogP contribution >= 0.6 is 23.4 Å². The molecule has 0 radical (unpaired) electrons. The molecule has 1 heterocycles. The molecule has 1 aromatic heterocycles. The molecular weight excluding hydrogens is 344 g/mol. The number of nitrogens with one attached hydrogen (secondary N) is 2. The summed E-state index contributed by atoms with van der Waals surface area (Å²) in [4.78, 5) is 16.7. The third-order valence-corrected chi connectivity index (χ3v) is 4.89. The fourth-order valence-corrected chi connectivity index (χ4v) is 3.51. The number of aromatic amines is 1. The van der Waals surface area contributed by atoms with Crippen LogP contribution in [-0.2, 0) is 0 Å². The summed E-state index contributed by atoms with van der Waals surface area (Å²) >= 11 is 7.66. The zero-order chi connectivity index (χ0) is 16.9. The molecule has 0 fully saturated rings. The Hall–Kier alpha value is -2.11. The largest absolute Gasteiger partial charge is 0.496 e. The van der Waals surface area contributed by atoms with Gasteiger partial charge in [0.05, 0.1) is 12.7 Å². The van der Waals surface area contributed by atoms with Crippen molar-refractivity contribution in [3.05, 3.63) is 59.2 Å². The second kappa shape index (κ2) is 7.64. The lowest BCUT2D eigenvalue weighted by molar-refractivity contribution is 0.0953. The summed E-state index contributed by atoms with van der Waals surface area (Å²) in [6.07, 6.45) is 2.00. The molecule has 0 bridgehead atoms. The van der Waals surface area contributed by atoms with E-state index in [0.29, 0.717) is 22.9 Å². The van der Waals surface area contributed by atoms with Crippen molar-refractivity contribution in [1.29, 1.82) is 0 Å². The second-order valence-corrected chi connectivity index (χ2v) is 6.72. The first-order chi connectivity index (χ1) is 11.7. The maximum Gasteiger partial charge on any atom is 0.255 e. The lowest BCUT2D eigenvalue weighted by Gasteiger charge is -2.09. The number of thioether (sulfide) groups is 1. The summed E-state index contributed by atoms with van der Waals surface area (Å²) in [5.74, 6) is 1.10. The highest BCUT2D eigenvalue weighted by Gasteiger charge is 2.12. The van der Waals surface area contributed by atoms with Gasteiger partial charge in [-0.1, -0.05) is 29.8 Å². The quantitative estimate of drug-likeness (QED) is 0.507. The highest BCUT2D eigenvalue weighted by molar-refractivity contribution is 7.99. The molecule has 2 aromatic carbocycles. The second-order valence-electron chi connectivity index (χ2n) is 5.15. The molecule has 3 aromatic rings. The van der Waals surface area contributed by atoms with Crippen molar-refractivity contribution in [3.63, 3.8) is 0 Å². The van der Waals surface area contributed by atoms with Crippen LogP contribution in [-0.4, -0.2) is 30.3 Å². The van der Waals surface area contributed by atoms with Gasteiger partial charge in [0.25, 0.3) is 5.91 Å². The first kappa shape index (κ1) is 16.7. The van der Waals surface area contributed by atoms with Gasteiger partial charge in [-0.25, -0.2) is 0 Å². The Kier molecular flexibility index (Phi) is 5.33. The number of H-pyrrole nitrogens is 1. The van der Waals surface area contributed by atoms with Crippen LogP contribution in [0.2, 0.25) is 5.02 Å². The van der Waals surface area contributed by atoms with Crippen LogP contribution in [0.1, 0.15) is 10.4 Å². The molecule has 0 atom stereocenters. The highest BCUT2D eigenvalue weighted by Crippen LogP contribution is 2.27. The highest BCUT2D eigenvalue weighted by atomic mass is 35.5. The van der Waals surface area contributed by atoms with Crippen molar-refractivity contribution >= 4 is 40.2 Å². The number of carbonyl (C=O) groups is 1. The van der Waals surface area contributed by atoms with Crippen molar-refractivity contribution in [2.24, 2.45) is 0 Å². The first-order valence-corrected chi connectivity index (χ1v) is 8.86. The number of amides is 1. The predicted octanol–water partition coefficient (Wildman–Crippen LogP) is 4.35. The Bertz CT molecular complexity index is 863. The number of carbonyl (C=O) groups excluding carboxylic acids is 1. The third-order valence-electron chi connectivity index (χ3n) is 3.60. The van der Waals surface area contributed by atoms with Crippen LogP contribution < -0.4 is 10.1 Å². The number of fused-ring (bicyclic) bond motifs is 1. The number of aromatic nitrogens is 1. The molecule has 0 aliphatic rings. The van der Waals surface area contributed by atoms with E-state index in [4.69, 9.17) is 16.3 Å². The molecule has 0 spiro atoms. The van der Waals surface area contributed by atoms with Crippen LogP contribution in [0.25, 0.3) is 10.9 Å². The maximum atomic E-state index is 12.3. The van der Waals surface area contributed by atoms with Gasteiger partial charge < -0.3 is 15.0 Å². The summed E-state index contributed by atoms with van der Waals surface area (Å²) in [7, 11) is 1.53. The third kappa shape index (κ3) is 3.68. The predicted molar refractivity (Wildman–Crippen MR) is 99.4 cm³/mol. The molecule has 0 aliphatic carbocycles. The molecule has 4 nitrogen and oxygen atoms in total. The summed E-state index contributed by atoms with van der Waals surface area (Å²) in [5, 5.41) is 4.61. The van der Waals surface area contributed by atoms with Gasteiger partial charge in [-0.15, -0.1) is 11.8 Å². The fourth-order valence-electron chi connectivity index (χ4n) is 2.44. The minimum Gasteiger partial charge on any atom is -0.496 e. The van der Waals surface area contributed by atoms with Crippen LogP contribution in [0.4, 0.5) is 0 Å². The zero-order valence-corrected chi connectivity index (χ0v) is 14.7. The molecule has 124 valence electrons. The van der Waals surface area contributed by atoms with E-state index in [-0.39, 0.29) is 5.91 Å². The Balaban J connectivity index is 1.57. The molecule has 0 unspecified atom stereocenters. The number of para-hydroxylation sites is 1. The van der Waals surface area contributed by atoms with Crippen LogP contribution in [0, 0.1) is 0 Å². The molecule has 0 saturated carbocycles. The number of hydrogen-bond donors (Lipinski definition) is 2. The molecule has 6 heteroatoms. The molecule has 2 N–H and O–H groups in total. The first-order valence-electron chi connectivity index (χ1n) is 7.49. The number of hydrogen-bond acceptors (Lipinski definition) is 3. The number of benzene rings is 2. The molecule has 0 saturated heterocycles. The Morgan fingerprint density at radius 3 is 2.96 bits per heavy atom. The minimum absolute atomic E-state index is 0.186. The SMILES string of the molecule is COc1ccc(Cl)cc1C(=O)NCCSc1c[nH]c2ccccc12.